The Bertz CT molecular complexity index is 965. The molecule has 2 aliphatic rings. The zero-order valence-corrected chi connectivity index (χ0v) is 24.4. The van der Waals surface area contributed by atoms with Crippen LogP contribution in [0.1, 0.15) is 50.3 Å². The van der Waals surface area contributed by atoms with Gasteiger partial charge in [-0.2, -0.15) is 5.06 Å². The van der Waals surface area contributed by atoms with E-state index in [2.05, 4.69) is 103 Å². The molecule has 0 aromatic heterocycles. The zero-order valence-electron chi connectivity index (χ0n) is 24.4. The number of hydrogen-bond donors (Lipinski definition) is 0. The van der Waals surface area contributed by atoms with Gasteiger partial charge >= 0.3 is 0 Å². The number of likely N-dealkylation sites (N-methyl/N-ethyl adjacent to an activating group) is 1. The van der Waals surface area contributed by atoms with E-state index in [9.17, 15) is 0 Å². The fraction of sp³-hybridized carbons (Fsp3) is 0.625. The number of hydrogen-bond acceptors (Lipinski definition) is 6. The molecule has 210 valence electrons. The summed E-state index contributed by atoms with van der Waals surface area (Å²) in [5.41, 5.74) is 5.49. The Balaban J connectivity index is 1.56. The van der Waals surface area contributed by atoms with Crippen LogP contribution in [0.5, 0.6) is 0 Å². The Hall–Kier alpha value is -1.96. The highest BCUT2D eigenvalue weighted by atomic mass is 16.7. The Morgan fingerprint density at radius 2 is 1.74 bits per heavy atom. The molecule has 2 aromatic rings. The summed E-state index contributed by atoms with van der Waals surface area (Å²) in [4.78, 5) is 13.5. The maximum atomic E-state index is 5.96. The number of morpholine rings is 1. The largest absolute Gasteiger partial charge is 0.378 e. The summed E-state index contributed by atoms with van der Waals surface area (Å²) in [7, 11) is 4.40. The van der Waals surface area contributed by atoms with Crippen molar-refractivity contribution in [3.63, 3.8) is 0 Å². The molecule has 6 nitrogen and oxygen atoms in total. The summed E-state index contributed by atoms with van der Waals surface area (Å²) >= 11 is 0. The van der Waals surface area contributed by atoms with Crippen LogP contribution in [0.2, 0.25) is 0 Å². The van der Waals surface area contributed by atoms with Gasteiger partial charge < -0.3 is 14.5 Å². The third-order valence-corrected chi connectivity index (χ3v) is 7.82. The minimum absolute atomic E-state index is 0.471. The van der Waals surface area contributed by atoms with Gasteiger partial charge in [0.05, 0.1) is 19.8 Å². The SMILES string of the molecule is CC[C@@H]1CON(Cc2cccc(CN(Cc3ccccc3N3CCOCC3)[C@H](CC(C)C)CN(C)C)c2)C1. The Morgan fingerprint density at radius 3 is 2.45 bits per heavy atom. The van der Waals surface area contributed by atoms with Crippen LogP contribution in [0.25, 0.3) is 0 Å². The first-order valence-electron chi connectivity index (χ1n) is 14.7. The van der Waals surface area contributed by atoms with Crippen LogP contribution in [0, 0.1) is 11.8 Å². The van der Waals surface area contributed by atoms with Crippen molar-refractivity contribution in [2.24, 2.45) is 11.8 Å². The Morgan fingerprint density at radius 1 is 0.974 bits per heavy atom. The average molecular weight is 523 g/mol. The molecular formula is C32H50N4O2. The van der Waals surface area contributed by atoms with Crippen molar-refractivity contribution in [3.05, 3.63) is 65.2 Å². The smallest absolute Gasteiger partial charge is 0.0726 e. The molecule has 2 fully saturated rings. The van der Waals surface area contributed by atoms with E-state index < -0.39 is 0 Å². The van der Waals surface area contributed by atoms with E-state index >= 15 is 0 Å². The summed E-state index contributed by atoms with van der Waals surface area (Å²) < 4.78 is 5.65. The van der Waals surface area contributed by atoms with E-state index in [1.165, 1.54) is 35.2 Å². The fourth-order valence-electron chi connectivity index (χ4n) is 5.82. The Labute approximate surface area is 231 Å². The second-order valence-electron chi connectivity index (χ2n) is 11.9. The number of ether oxygens (including phenoxy) is 1. The first-order valence-corrected chi connectivity index (χ1v) is 14.7. The number of rotatable bonds is 13. The number of benzene rings is 2. The molecule has 0 unspecified atom stereocenters. The van der Waals surface area contributed by atoms with Gasteiger partial charge in [-0.25, -0.2) is 0 Å². The first-order chi connectivity index (χ1) is 18.4. The second kappa shape index (κ2) is 14.4. The maximum Gasteiger partial charge on any atom is 0.0726 e. The van der Waals surface area contributed by atoms with E-state index in [-0.39, 0.29) is 0 Å². The standard InChI is InChI=1S/C32H50N4O2/c1-6-27-21-36(38-25-27)22-29-11-9-10-28(19-29)20-35(31(18-26(2)3)24-33(4)5)23-30-12-7-8-13-32(30)34-14-16-37-17-15-34/h7-13,19,26-27,31H,6,14-18,20-25H2,1-5H3/t27-,31+/m0/s1. The molecule has 4 rings (SSSR count). The molecule has 2 aromatic carbocycles. The van der Waals surface area contributed by atoms with Gasteiger partial charge in [-0.05, 0) is 61.5 Å². The summed E-state index contributed by atoms with van der Waals surface area (Å²) in [6.07, 6.45) is 2.36. The van der Waals surface area contributed by atoms with Gasteiger partial charge in [0.2, 0.25) is 0 Å². The molecule has 0 N–H and O–H groups in total. The van der Waals surface area contributed by atoms with Crippen LogP contribution in [0.15, 0.2) is 48.5 Å². The molecule has 0 spiro atoms. The molecule has 0 saturated carbocycles. The lowest BCUT2D eigenvalue weighted by atomic mass is 9.99. The number of anilines is 1. The first kappa shape index (κ1) is 29.0. The number of nitrogens with zero attached hydrogens (tertiary/aromatic N) is 4. The second-order valence-corrected chi connectivity index (χ2v) is 11.9. The number of hydroxylamine groups is 2. The Kier molecular flexibility index (Phi) is 11.0. The van der Waals surface area contributed by atoms with Crippen LogP contribution in [-0.2, 0) is 29.2 Å². The molecule has 0 aliphatic carbocycles. The number of para-hydroxylation sites is 1. The molecule has 0 radical (unpaired) electrons. The van der Waals surface area contributed by atoms with E-state index in [0.29, 0.717) is 17.9 Å². The topological polar surface area (TPSA) is 31.4 Å². The molecular weight excluding hydrogens is 472 g/mol. The third-order valence-electron chi connectivity index (χ3n) is 7.82. The van der Waals surface area contributed by atoms with Gasteiger partial charge in [-0.1, -0.05) is 63.2 Å². The van der Waals surface area contributed by atoms with E-state index in [1.807, 2.05) is 0 Å². The van der Waals surface area contributed by atoms with Gasteiger partial charge in [0.15, 0.2) is 0 Å². The van der Waals surface area contributed by atoms with Gasteiger partial charge in [0.1, 0.15) is 0 Å². The van der Waals surface area contributed by atoms with E-state index in [0.717, 1.165) is 65.6 Å². The summed E-state index contributed by atoms with van der Waals surface area (Å²) in [6.45, 7) is 16.2. The van der Waals surface area contributed by atoms with Crippen molar-refractivity contribution >= 4 is 5.69 Å². The predicted octanol–water partition coefficient (Wildman–Crippen LogP) is 5.28. The van der Waals surface area contributed by atoms with Gasteiger partial charge in [-0.3, -0.25) is 9.74 Å². The molecule has 2 aliphatic heterocycles. The summed E-state index contributed by atoms with van der Waals surface area (Å²) in [5, 5.41) is 2.15. The molecule has 0 amide bonds. The van der Waals surface area contributed by atoms with Crippen LogP contribution in [0.3, 0.4) is 0 Å². The van der Waals surface area contributed by atoms with Crippen molar-refractivity contribution < 1.29 is 9.57 Å². The molecule has 38 heavy (non-hydrogen) atoms. The highest BCUT2D eigenvalue weighted by molar-refractivity contribution is 5.54. The third kappa shape index (κ3) is 8.52. The van der Waals surface area contributed by atoms with Gasteiger partial charge in [-0.15, -0.1) is 0 Å². The molecule has 2 saturated heterocycles. The molecule has 2 atom stereocenters. The lowest BCUT2D eigenvalue weighted by Gasteiger charge is -2.37. The monoisotopic (exact) mass is 522 g/mol. The quantitative estimate of drug-likeness (QED) is 0.356. The fourth-order valence-corrected chi connectivity index (χ4v) is 5.82. The molecule has 0 bridgehead atoms. The summed E-state index contributed by atoms with van der Waals surface area (Å²) in [5.74, 6) is 1.30. The highest BCUT2D eigenvalue weighted by Crippen LogP contribution is 2.27. The van der Waals surface area contributed by atoms with Crippen molar-refractivity contribution in [3.8, 4) is 0 Å². The van der Waals surface area contributed by atoms with Gasteiger partial charge in [0.25, 0.3) is 0 Å². The highest BCUT2D eigenvalue weighted by Gasteiger charge is 2.25. The van der Waals surface area contributed by atoms with Crippen molar-refractivity contribution in [2.45, 2.75) is 59.3 Å². The molecule has 2 heterocycles. The van der Waals surface area contributed by atoms with Gasteiger partial charge in [0, 0.05) is 57.5 Å². The predicted molar refractivity (Wildman–Crippen MR) is 157 cm³/mol. The van der Waals surface area contributed by atoms with Crippen molar-refractivity contribution in [2.75, 3.05) is 65.0 Å². The minimum atomic E-state index is 0.471. The zero-order chi connectivity index (χ0) is 26.9. The van der Waals surface area contributed by atoms with Crippen molar-refractivity contribution in [1.29, 1.82) is 0 Å². The lowest BCUT2D eigenvalue weighted by Crippen LogP contribution is -2.43. The summed E-state index contributed by atoms with van der Waals surface area (Å²) in [6, 6.07) is 18.6. The van der Waals surface area contributed by atoms with Crippen molar-refractivity contribution in [1.82, 2.24) is 14.9 Å². The minimum Gasteiger partial charge on any atom is -0.378 e. The average Bonchev–Trinajstić information content (AvgIpc) is 3.36. The molecule has 6 heteroatoms. The van der Waals surface area contributed by atoms with E-state index in [4.69, 9.17) is 9.57 Å². The van der Waals surface area contributed by atoms with Crippen LogP contribution >= 0.6 is 0 Å². The normalized spacial score (nSPS) is 19.7. The van der Waals surface area contributed by atoms with E-state index in [1.54, 1.807) is 0 Å². The van der Waals surface area contributed by atoms with Crippen LogP contribution < -0.4 is 4.90 Å². The van der Waals surface area contributed by atoms with Crippen LogP contribution in [0.4, 0.5) is 5.69 Å². The maximum absolute atomic E-state index is 5.96. The lowest BCUT2D eigenvalue weighted by molar-refractivity contribution is -0.117. The van der Waals surface area contributed by atoms with Crippen LogP contribution in [-0.4, -0.2) is 81.0 Å².